The third kappa shape index (κ3) is 3.81. The van der Waals surface area contributed by atoms with E-state index in [9.17, 15) is 4.79 Å². The summed E-state index contributed by atoms with van der Waals surface area (Å²) < 4.78 is 7.38. The van der Waals surface area contributed by atoms with Gasteiger partial charge in [-0.15, -0.1) is 0 Å². The van der Waals surface area contributed by atoms with Crippen molar-refractivity contribution in [2.75, 3.05) is 13.2 Å². The van der Waals surface area contributed by atoms with Gasteiger partial charge in [0.1, 0.15) is 11.3 Å². The Morgan fingerprint density at radius 2 is 1.93 bits per heavy atom. The van der Waals surface area contributed by atoms with Crippen molar-refractivity contribution in [1.82, 2.24) is 9.38 Å². The number of Topliss-reactive ketones (excluding diaryl/α,β-unsaturated/α-hetero) is 1. The fourth-order valence-electron chi connectivity index (χ4n) is 3.95. The maximum absolute atomic E-state index is 12.9. The number of pyridine rings is 1. The molecule has 4 rings (SSSR count). The van der Waals surface area contributed by atoms with Gasteiger partial charge in [-0.3, -0.25) is 9.20 Å². The van der Waals surface area contributed by atoms with Gasteiger partial charge in [0.2, 0.25) is 0 Å². The smallest absolute Gasteiger partial charge is 0.181 e. The number of carbonyl (C=O) groups excluding carboxylic acids is 1. The second kappa shape index (κ2) is 8.05. The Bertz CT molecular complexity index is 921. The van der Waals surface area contributed by atoms with Crippen molar-refractivity contribution in [3.05, 3.63) is 71.2 Å². The average Bonchev–Trinajstić information content (AvgIpc) is 3.12. The van der Waals surface area contributed by atoms with Crippen LogP contribution in [-0.2, 0) is 17.6 Å². The summed E-state index contributed by atoms with van der Waals surface area (Å²) in [5.74, 6) is 0.777. The molecular formula is C23H26N2O2. The molecule has 3 heterocycles. The van der Waals surface area contributed by atoms with E-state index in [4.69, 9.17) is 4.74 Å². The predicted molar refractivity (Wildman–Crippen MR) is 106 cm³/mol. The zero-order chi connectivity index (χ0) is 18.6. The third-order valence-electron chi connectivity index (χ3n) is 5.51. The first-order valence-corrected chi connectivity index (χ1v) is 9.92. The first-order chi connectivity index (χ1) is 13.3. The second-order valence-corrected chi connectivity index (χ2v) is 7.24. The van der Waals surface area contributed by atoms with E-state index in [2.05, 4.69) is 29.2 Å². The van der Waals surface area contributed by atoms with E-state index in [0.717, 1.165) is 55.9 Å². The van der Waals surface area contributed by atoms with Crippen molar-refractivity contribution >= 4 is 11.4 Å². The van der Waals surface area contributed by atoms with Gasteiger partial charge < -0.3 is 4.74 Å². The normalized spacial score (nSPS) is 15.3. The van der Waals surface area contributed by atoms with Gasteiger partial charge in [0.05, 0.1) is 5.69 Å². The van der Waals surface area contributed by atoms with Crippen molar-refractivity contribution in [2.45, 2.75) is 44.9 Å². The lowest BCUT2D eigenvalue weighted by atomic mass is 9.91. The fraction of sp³-hybridized carbons (Fsp3) is 0.391. The molecule has 0 spiro atoms. The summed E-state index contributed by atoms with van der Waals surface area (Å²) >= 11 is 0. The molecule has 0 aliphatic carbocycles. The monoisotopic (exact) mass is 362 g/mol. The van der Waals surface area contributed by atoms with Gasteiger partial charge >= 0.3 is 0 Å². The quantitative estimate of drug-likeness (QED) is 0.602. The van der Waals surface area contributed by atoms with Crippen molar-refractivity contribution in [1.29, 1.82) is 0 Å². The lowest BCUT2D eigenvalue weighted by molar-refractivity contribution is 0.0853. The number of nitrogens with zero attached hydrogens (tertiary/aromatic N) is 2. The molecule has 140 valence electrons. The number of hydrogen-bond donors (Lipinski definition) is 0. The first-order valence-electron chi connectivity index (χ1n) is 9.92. The highest BCUT2D eigenvalue weighted by molar-refractivity contribution is 5.96. The molecule has 0 amide bonds. The molecule has 2 aromatic heterocycles. The molecule has 0 atom stereocenters. The Hall–Kier alpha value is -2.46. The SMILES string of the molecule is CCc1nc2ccccn2c1C(=O)CCc1ccc(C2CCOCC2)cc1. The molecule has 27 heavy (non-hydrogen) atoms. The van der Waals surface area contributed by atoms with Crippen LogP contribution in [0.25, 0.3) is 5.65 Å². The molecule has 0 N–H and O–H groups in total. The minimum Gasteiger partial charge on any atom is -0.381 e. The Kier molecular flexibility index (Phi) is 5.35. The second-order valence-electron chi connectivity index (χ2n) is 7.24. The molecule has 0 saturated carbocycles. The van der Waals surface area contributed by atoms with Crippen LogP contribution in [0.1, 0.15) is 59.4 Å². The Morgan fingerprint density at radius 3 is 2.67 bits per heavy atom. The van der Waals surface area contributed by atoms with Crippen LogP contribution in [0.15, 0.2) is 48.7 Å². The topological polar surface area (TPSA) is 43.6 Å². The highest BCUT2D eigenvalue weighted by atomic mass is 16.5. The standard InChI is InChI=1S/C23H26N2O2/c1-2-20-23(25-14-4-3-5-22(25)24-20)21(26)11-8-17-6-9-18(10-7-17)19-12-15-27-16-13-19/h3-7,9-10,14,19H,2,8,11-13,15-16H2,1H3. The third-order valence-corrected chi connectivity index (χ3v) is 5.51. The number of ether oxygens (including phenoxy) is 1. The van der Waals surface area contributed by atoms with Crippen molar-refractivity contribution < 1.29 is 9.53 Å². The first kappa shape index (κ1) is 17.9. The molecule has 1 aliphatic rings. The number of carbonyl (C=O) groups is 1. The van der Waals surface area contributed by atoms with Gasteiger partial charge in [-0.1, -0.05) is 37.3 Å². The minimum atomic E-state index is 0.166. The number of benzene rings is 1. The molecule has 4 heteroatoms. The van der Waals surface area contributed by atoms with E-state index >= 15 is 0 Å². The van der Waals surface area contributed by atoms with Gasteiger partial charge in [-0.05, 0) is 54.9 Å². The van der Waals surface area contributed by atoms with Crippen molar-refractivity contribution in [2.24, 2.45) is 0 Å². The lowest BCUT2D eigenvalue weighted by Crippen LogP contribution is -2.14. The number of aromatic nitrogens is 2. The maximum Gasteiger partial charge on any atom is 0.181 e. The summed E-state index contributed by atoms with van der Waals surface area (Å²) in [7, 11) is 0. The van der Waals surface area contributed by atoms with Crippen LogP contribution in [0, 0.1) is 0 Å². The number of fused-ring (bicyclic) bond motifs is 1. The number of ketones is 1. The van der Waals surface area contributed by atoms with Gasteiger partial charge in [0.15, 0.2) is 5.78 Å². The van der Waals surface area contributed by atoms with Crippen LogP contribution < -0.4 is 0 Å². The van der Waals surface area contributed by atoms with Gasteiger partial charge in [0, 0.05) is 25.8 Å². The predicted octanol–water partition coefficient (Wildman–Crippen LogP) is 4.61. The van der Waals surface area contributed by atoms with Crippen molar-refractivity contribution in [3.63, 3.8) is 0 Å². The van der Waals surface area contributed by atoms with E-state index in [1.807, 2.05) is 35.7 Å². The summed E-state index contributed by atoms with van der Waals surface area (Å²) in [6.45, 7) is 3.77. The van der Waals surface area contributed by atoms with Gasteiger partial charge in [0.25, 0.3) is 0 Å². The van der Waals surface area contributed by atoms with E-state index in [1.165, 1.54) is 11.1 Å². The van der Waals surface area contributed by atoms with E-state index in [0.29, 0.717) is 12.3 Å². The summed E-state index contributed by atoms with van der Waals surface area (Å²) in [4.78, 5) is 17.5. The van der Waals surface area contributed by atoms with Crippen LogP contribution in [0.4, 0.5) is 0 Å². The van der Waals surface area contributed by atoms with Gasteiger partial charge in [-0.2, -0.15) is 0 Å². The van der Waals surface area contributed by atoms with Crippen molar-refractivity contribution in [3.8, 4) is 0 Å². The molecule has 1 saturated heterocycles. The largest absolute Gasteiger partial charge is 0.381 e. The number of hydrogen-bond acceptors (Lipinski definition) is 3. The number of imidazole rings is 1. The van der Waals surface area contributed by atoms with E-state index < -0.39 is 0 Å². The van der Waals surface area contributed by atoms with Crippen LogP contribution in [-0.4, -0.2) is 28.4 Å². The molecular weight excluding hydrogens is 336 g/mol. The molecule has 0 radical (unpaired) electrons. The van der Waals surface area contributed by atoms with Crippen LogP contribution >= 0.6 is 0 Å². The zero-order valence-corrected chi connectivity index (χ0v) is 15.9. The molecule has 4 nitrogen and oxygen atoms in total. The van der Waals surface area contributed by atoms with Gasteiger partial charge in [-0.25, -0.2) is 4.98 Å². The van der Waals surface area contributed by atoms with E-state index in [-0.39, 0.29) is 5.78 Å². The maximum atomic E-state index is 12.9. The van der Waals surface area contributed by atoms with Crippen LogP contribution in [0.5, 0.6) is 0 Å². The average molecular weight is 362 g/mol. The molecule has 3 aromatic rings. The highest BCUT2D eigenvalue weighted by Gasteiger charge is 2.18. The summed E-state index contributed by atoms with van der Waals surface area (Å²) in [6, 6.07) is 14.6. The summed E-state index contributed by atoms with van der Waals surface area (Å²) in [6.07, 6.45) is 6.17. The lowest BCUT2D eigenvalue weighted by Gasteiger charge is -2.22. The Labute approximate surface area is 160 Å². The number of rotatable bonds is 6. The molecule has 0 bridgehead atoms. The molecule has 0 unspecified atom stereocenters. The summed E-state index contributed by atoms with van der Waals surface area (Å²) in [5.41, 5.74) is 5.08. The zero-order valence-electron chi connectivity index (χ0n) is 15.9. The van der Waals surface area contributed by atoms with E-state index in [1.54, 1.807) is 0 Å². The molecule has 1 aromatic carbocycles. The number of aryl methyl sites for hydroxylation is 2. The minimum absolute atomic E-state index is 0.166. The van der Waals surface area contributed by atoms with Crippen LogP contribution in [0.3, 0.4) is 0 Å². The molecule has 1 aliphatic heterocycles. The summed E-state index contributed by atoms with van der Waals surface area (Å²) in [5, 5.41) is 0. The molecule has 1 fully saturated rings. The van der Waals surface area contributed by atoms with Crippen LogP contribution in [0.2, 0.25) is 0 Å². The Morgan fingerprint density at radius 1 is 1.15 bits per heavy atom. The Balaban J connectivity index is 1.45. The highest BCUT2D eigenvalue weighted by Crippen LogP contribution is 2.27. The fourth-order valence-corrected chi connectivity index (χ4v) is 3.95.